The van der Waals surface area contributed by atoms with E-state index in [4.69, 9.17) is 15.3 Å². The molecule has 3 rings (SSSR count). The molecule has 0 spiro atoms. The Hall–Kier alpha value is -8.73. The van der Waals surface area contributed by atoms with Crippen molar-refractivity contribution in [1.82, 2.24) is 32.6 Å². The molecule has 0 fully saturated rings. The molecule has 0 saturated heterocycles. The summed E-state index contributed by atoms with van der Waals surface area (Å²) in [4.78, 5) is 106. The number of azo groups is 3. The zero-order valence-corrected chi connectivity index (χ0v) is 32.9. The van der Waals surface area contributed by atoms with E-state index in [1.54, 1.807) is 0 Å². The molecule has 0 aromatic heterocycles. The van der Waals surface area contributed by atoms with Crippen LogP contribution in [-0.4, -0.2) is 96.7 Å². The highest BCUT2D eigenvalue weighted by molar-refractivity contribution is 5.94. The second kappa shape index (κ2) is 23.4. The molecule has 0 amide bonds. The summed E-state index contributed by atoms with van der Waals surface area (Å²) in [5.41, 5.74) is 4.94. The van der Waals surface area contributed by atoms with Crippen LogP contribution in [0.5, 0.6) is 0 Å². The number of nitrogens with one attached hydrogen (secondary N) is 6. The predicted octanol–water partition coefficient (Wildman–Crippen LogP) is -6.71. The first-order valence-electron chi connectivity index (χ1n) is 16.1. The van der Waals surface area contributed by atoms with E-state index in [1.165, 1.54) is 63.4 Å². The Morgan fingerprint density at radius 2 is 0.533 bits per heavy atom. The van der Waals surface area contributed by atoms with E-state index in [0.717, 1.165) is 0 Å². The first-order chi connectivity index (χ1) is 28.5. The van der Waals surface area contributed by atoms with Gasteiger partial charge in [0.1, 0.15) is 32.8 Å². The van der Waals surface area contributed by atoms with Gasteiger partial charge in [-0.1, -0.05) is 0 Å². The fourth-order valence-electron chi connectivity index (χ4n) is 4.49. The number of carboxylic acids is 3. The number of hydrogen-bond donors (Lipinski definition) is 9. The van der Waals surface area contributed by atoms with Gasteiger partial charge in [0, 0.05) is 63.4 Å². The van der Waals surface area contributed by atoms with Crippen LogP contribution in [0.15, 0.2) is 90.1 Å². The number of rotatable bonds is 12. The van der Waals surface area contributed by atoms with Gasteiger partial charge in [0.15, 0.2) is 33.1 Å². The van der Waals surface area contributed by atoms with E-state index in [1.807, 2.05) is 0 Å². The Balaban J connectivity index is 0.000000450. The minimum absolute atomic E-state index is 0.462. The highest BCUT2D eigenvalue weighted by Crippen LogP contribution is 2.09. The van der Waals surface area contributed by atoms with Gasteiger partial charge in [0.2, 0.25) is 32.6 Å². The molecule has 318 valence electrons. The molecule has 0 atom stereocenters. The molecule has 0 aliphatic heterocycles. The standard InChI is InChI=1S/3C10H12N6O4/c3*1-11-14-5-4(10(19)20)6(15-12-2)9(18)7(8(5)17)16-13-3/h3*11,13H,1-3H3,(H,19,20). The average Bonchev–Trinajstić information content (AvgIpc) is 3.19. The Morgan fingerprint density at radius 1 is 0.350 bits per heavy atom. The van der Waals surface area contributed by atoms with Gasteiger partial charge < -0.3 is 47.9 Å². The van der Waals surface area contributed by atoms with Crippen LogP contribution in [0.25, 0.3) is 0 Å². The van der Waals surface area contributed by atoms with Crippen molar-refractivity contribution in [3.05, 3.63) is 110 Å². The number of carboxylic acid groups (broad SMARTS) is 3. The summed E-state index contributed by atoms with van der Waals surface area (Å²) in [5.74, 6) is -4.52. The van der Waals surface area contributed by atoms with Crippen LogP contribution in [0.3, 0.4) is 0 Å². The van der Waals surface area contributed by atoms with Crippen molar-refractivity contribution < 1.29 is 29.7 Å². The molecule has 0 aliphatic rings. The topological polar surface area (TPSA) is 435 Å². The third kappa shape index (κ3) is 11.0. The Morgan fingerprint density at radius 3 is 0.683 bits per heavy atom. The molecule has 0 heterocycles. The zero-order chi connectivity index (χ0) is 45.9. The van der Waals surface area contributed by atoms with Crippen LogP contribution in [0, 0.1) is 0 Å². The van der Waals surface area contributed by atoms with Crippen molar-refractivity contribution in [3.8, 4) is 0 Å². The van der Waals surface area contributed by atoms with Crippen molar-refractivity contribution in [2.75, 3.05) is 63.4 Å². The molecule has 0 radical (unpaired) electrons. The van der Waals surface area contributed by atoms with Gasteiger partial charge in [-0.25, -0.2) is 14.4 Å². The molecule has 0 bridgehead atoms. The van der Waals surface area contributed by atoms with E-state index in [2.05, 4.69) is 93.8 Å². The molecule has 0 aliphatic carbocycles. The quantitative estimate of drug-likeness (QED) is 0.0604. The smallest absolute Gasteiger partial charge is 0.340 e. The third-order valence-corrected chi connectivity index (χ3v) is 6.58. The van der Waals surface area contributed by atoms with E-state index < -0.39 is 116 Å². The summed E-state index contributed by atoms with van der Waals surface area (Å²) < 4.78 is 0. The van der Waals surface area contributed by atoms with Crippen LogP contribution in [-0.2, 0) is 0 Å². The number of carbonyl (C=O) groups is 3. The zero-order valence-electron chi connectivity index (χ0n) is 32.9. The fraction of sp³-hybridized carbons (Fsp3) is 0.300. The van der Waals surface area contributed by atoms with Crippen LogP contribution in [0.1, 0.15) is 31.1 Å². The number of hydrogen-bond acceptors (Lipinski definition) is 27. The monoisotopic (exact) mass is 840 g/mol. The van der Waals surface area contributed by atoms with Crippen molar-refractivity contribution in [3.63, 3.8) is 0 Å². The largest absolute Gasteiger partial charge is 0.478 e. The summed E-state index contributed by atoms with van der Waals surface area (Å²) in [7, 11) is 12.1. The molecule has 3 aromatic carbocycles. The first-order valence-corrected chi connectivity index (χ1v) is 16.1. The fourth-order valence-corrected chi connectivity index (χ4v) is 4.49. The maximum atomic E-state index is 12.0. The summed E-state index contributed by atoms with van der Waals surface area (Å²) in [6.45, 7) is 0. The molecule has 30 heteroatoms. The Kier molecular flexibility index (Phi) is 19.2. The Bertz CT molecular complexity index is 2640. The number of aromatic carboxylic acids is 3. The normalized spacial score (nSPS) is 12.9. The molecule has 0 unspecified atom stereocenters. The lowest BCUT2D eigenvalue weighted by Crippen LogP contribution is -2.51. The second-order valence-electron chi connectivity index (χ2n) is 10.1. The van der Waals surface area contributed by atoms with E-state index >= 15 is 0 Å². The summed E-state index contributed by atoms with van der Waals surface area (Å²) in [6, 6.07) is 0. The van der Waals surface area contributed by atoms with Crippen LogP contribution >= 0.6 is 0 Å². The molecule has 0 saturated carbocycles. The second-order valence-corrected chi connectivity index (χ2v) is 10.1. The van der Waals surface area contributed by atoms with Crippen molar-refractivity contribution in [1.29, 1.82) is 0 Å². The van der Waals surface area contributed by atoms with E-state index in [9.17, 15) is 43.2 Å². The third-order valence-electron chi connectivity index (χ3n) is 6.58. The minimum atomic E-state index is -1.51. The van der Waals surface area contributed by atoms with Crippen LogP contribution in [0.4, 0.5) is 17.1 Å². The predicted molar refractivity (Wildman–Crippen MR) is 204 cm³/mol. The van der Waals surface area contributed by atoms with Crippen molar-refractivity contribution in [2.45, 2.75) is 0 Å². The Labute approximate surface area is 332 Å². The summed E-state index contributed by atoms with van der Waals surface area (Å²) in [6.07, 6.45) is 0. The first kappa shape index (κ1) is 49.3. The van der Waals surface area contributed by atoms with Crippen LogP contribution in [0.2, 0.25) is 0 Å². The molecule has 3 aromatic rings. The highest BCUT2D eigenvalue weighted by atomic mass is 16.4. The SMILES string of the molecule is CN=Nc1c(C(=O)O)c(=NNC)c(=O)c(=NNC)c1=O.CN=Nc1c(C(=O)O)c(=NNC)c(=O)c(=NNC)c1=O.CN=Nc1c(C(=O)O)c(=NNC)c(=O)c(=NNC)c1=O. The average molecular weight is 841 g/mol. The molecule has 9 N–H and O–H groups in total. The van der Waals surface area contributed by atoms with Crippen molar-refractivity contribution >= 4 is 35.0 Å². The van der Waals surface area contributed by atoms with Gasteiger partial charge in [0.05, 0.1) is 0 Å². The maximum Gasteiger partial charge on any atom is 0.340 e. The van der Waals surface area contributed by atoms with Gasteiger partial charge >= 0.3 is 17.9 Å². The van der Waals surface area contributed by atoms with Crippen LogP contribution < -0.4 is 97.3 Å². The highest BCUT2D eigenvalue weighted by Gasteiger charge is 2.24. The van der Waals surface area contributed by atoms with Gasteiger partial charge in [-0.3, -0.25) is 28.8 Å². The van der Waals surface area contributed by atoms with Gasteiger partial charge in [-0.15, -0.1) is 0 Å². The van der Waals surface area contributed by atoms with E-state index in [-0.39, 0.29) is 0 Å². The lowest BCUT2D eigenvalue weighted by Gasteiger charge is -1.99. The minimum Gasteiger partial charge on any atom is -0.478 e. The molecular formula is C30H36N18O12. The molecule has 30 nitrogen and oxygen atoms in total. The summed E-state index contributed by atoms with van der Waals surface area (Å²) >= 11 is 0. The number of nitrogens with zero attached hydrogens (tertiary/aromatic N) is 12. The number of benzene rings is 3. The summed E-state index contributed by atoms with van der Waals surface area (Å²) in [5, 5.41) is 66.5. The van der Waals surface area contributed by atoms with Gasteiger partial charge in [0.25, 0.3) is 0 Å². The van der Waals surface area contributed by atoms with E-state index in [0.29, 0.717) is 0 Å². The lowest BCUT2D eigenvalue weighted by molar-refractivity contribution is 0.0684. The lowest BCUT2D eigenvalue weighted by atomic mass is 10.1. The van der Waals surface area contributed by atoms with Gasteiger partial charge in [-0.2, -0.15) is 61.3 Å². The maximum absolute atomic E-state index is 12.0. The molecule has 60 heavy (non-hydrogen) atoms. The van der Waals surface area contributed by atoms with Crippen molar-refractivity contribution in [2.24, 2.45) is 61.3 Å². The molecular weight excluding hydrogens is 804 g/mol. The van der Waals surface area contributed by atoms with Gasteiger partial charge in [-0.05, 0) is 0 Å².